The summed E-state index contributed by atoms with van der Waals surface area (Å²) in [6.07, 6.45) is -0.417. The van der Waals surface area contributed by atoms with Crippen LogP contribution in [0.2, 0.25) is 0 Å². The average molecular weight is 323 g/mol. The standard InChI is InChI=1S/C19H17NO4/c21-15-10-20(11-15)19(22)18-8-7-17(24-18)12-23-16-6-5-13-3-1-2-4-14(13)9-16/h1-9,15,21H,10-12H2. The topological polar surface area (TPSA) is 62.9 Å². The summed E-state index contributed by atoms with van der Waals surface area (Å²) in [6, 6.07) is 17.4. The SMILES string of the molecule is O=C(c1ccc(COc2ccc3ccccc3c2)o1)N1CC(O)C1. The van der Waals surface area contributed by atoms with Gasteiger partial charge in [-0.25, -0.2) is 0 Å². The van der Waals surface area contributed by atoms with Crippen molar-refractivity contribution in [1.82, 2.24) is 4.90 Å². The van der Waals surface area contributed by atoms with E-state index >= 15 is 0 Å². The predicted molar refractivity (Wildman–Crippen MR) is 88.9 cm³/mol. The highest BCUT2D eigenvalue weighted by molar-refractivity contribution is 5.92. The zero-order chi connectivity index (χ0) is 16.5. The van der Waals surface area contributed by atoms with Crippen LogP contribution in [0.25, 0.3) is 10.8 Å². The van der Waals surface area contributed by atoms with Gasteiger partial charge in [-0.3, -0.25) is 4.79 Å². The third-order valence-corrected chi connectivity index (χ3v) is 4.12. The number of aliphatic hydroxyl groups excluding tert-OH is 1. The van der Waals surface area contributed by atoms with Gasteiger partial charge in [0.25, 0.3) is 5.91 Å². The second-order valence-electron chi connectivity index (χ2n) is 5.93. The molecule has 0 radical (unpaired) electrons. The molecular formula is C19H17NO4. The van der Waals surface area contributed by atoms with Gasteiger partial charge in [-0.2, -0.15) is 0 Å². The molecule has 0 aliphatic carbocycles. The molecule has 5 nitrogen and oxygen atoms in total. The summed E-state index contributed by atoms with van der Waals surface area (Å²) in [5.41, 5.74) is 0. The molecule has 1 amide bonds. The van der Waals surface area contributed by atoms with Crippen LogP contribution in [-0.2, 0) is 6.61 Å². The summed E-state index contributed by atoms with van der Waals surface area (Å²) < 4.78 is 11.3. The normalized spacial score (nSPS) is 14.6. The lowest BCUT2D eigenvalue weighted by atomic mass is 10.1. The van der Waals surface area contributed by atoms with Crippen LogP contribution in [0.4, 0.5) is 0 Å². The number of likely N-dealkylation sites (tertiary alicyclic amines) is 1. The average Bonchev–Trinajstić information content (AvgIpc) is 3.05. The Labute approximate surface area is 139 Å². The molecular weight excluding hydrogens is 306 g/mol. The number of aliphatic hydroxyl groups is 1. The Morgan fingerprint density at radius 1 is 1.12 bits per heavy atom. The maximum Gasteiger partial charge on any atom is 0.289 e. The van der Waals surface area contributed by atoms with Crippen molar-refractivity contribution in [2.75, 3.05) is 13.1 Å². The molecule has 1 saturated heterocycles. The summed E-state index contributed by atoms with van der Waals surface area (Å²) in [6.45, 7) is 0.985. The largest absolute Gasteiger partial charge is 0.486 e. The van der Waals surface area contributed by atoms with Gasteiger partial charge in [0.1, 0.15) is 18.1 Å². The third-order valence-electron chi connectivity index (χ3n) is 4.12. The number of carbonyl (C=O) groups excluding carboxylic acids is 1. The number of β-amino-alcohol motifs (C(OH)–C–C–N with tert-alkyl or cyclic N) is 1. The van der Waals surface area contributed by atoms with Gasteiger partial charge in [0.05, 0.1) is 6.10 Å². The molecule has 3 aromatic rings. The van der Waals surface area contributed by atoms with Crippen LogP contribution in [0.3, 0.4) is 0 Å². The number of hydrogen-bond donors (Lipinski definition) is 1. The predicted octanol–water partition coefficient (Wildman–Crippen LogP) is 2.83. The summed E-state index contributed by atoms with van der Waals surface area (Å²) in [5, 5.41) is 11.5. The first kappa shape index (κ1) is 14.8. The Hall–Kier alpha value is -2.79. The fourth-order valence-electron chi connectivity index (χ4n) is 2.76. The molecule has 1 N–H and O–H groups in total. The highest BCUT2D eigenvalue weighted by atomic mass is 16.5. The number of hydrogen-bond acceptors (Lipinski definition) is 4. The first-order valence-corrected chi connectivity index (χ1v) is 7.87. The van der Waals surface area contributed by atoms with Crippen molar-refractivity contribution in [1.29, 1.82) is 0 Å². The molecule has 5 heteroatoms. The van der Waals surface area contributed by atoms with E-state index in [9.17, 15) is 9.90 Å². The number of ether oxygens (including phenoxy) is 1. The highest BCUT2D eigenvalue weighted by Crippen LogP contribution is 2.22. The van der Waals surface area contributed by atoms with Crippen molar-refractivity contribution in [2.45, 2.75) is 12.7 Å². The van der Waals surface area contributed by atoms with E-state index in [-0.39, 0.29) is 18.3 Å². The fourth-order valence-corrected chi connectivity index (χ4v) is 2.76. The van der Waals surface area contributed by atoms with Crippen molar-refractivity contribution in [3.8, 4) is 5.75 Å². The number of benzene rings is 2. The van der Waals surface area contributed by atoms with Crippen LogP contribution >= 0.6 is 0 Å². The van der Waals surface area contributed by atoms with E-state index < -0.39 is 6.10 Å². The second kappa shape index (κ2) is 6.02. The van der Waals surface area contributed by atoms with E-state index in [4.69, 9.17) is 9.15 Å². The lowest BCUT2D eigenvalue weighted by molar-refractivity contribution is 0.00375. The van der Waals surface area contributed by atoms with Crippen LogP contribution in [0, 0.1) is 0 Å². The van der Waals surface area contributed by atoms with Gasteiger partial charge in [0.15, 0.2) is 5.76 Å². The lowest BCUT2D eigenvalue weighted by Crippen LogP contribution is -2.53. The number of carbonyl (C=O) groups is 1. The summed E-state index contributed by atoms with van der Waals surface area (Å²) >= 11 is 0. The quantitative estimate of drug-likeness (QED) is 0.802. The Morgan fingerprint density at radius 3 is 2.71 bits per heavy atom. The van der Waals surface area contributed by atoms with Crippen LogP contribution < -0.4 is 4.74 Å². The molecule has 4 rings (SSSR count). The van der Waals surface area contributed by atoms with Crippen molar-refractivity contribution >= 4 is 16.7 Å². The molecule has 1 aliphatic rings. The number of nitrogens with zero attached hydrogens (tertiary/aromatic N) is 1. The van der Waals surface area contributed by atoms with Crippen molar-refractivity contribution in [2.24, 2.45) is 0 Å². The highest BCUT2D eigenvalue weighted by Gasteiger charge is 2.31. The first-order valence-electron chi connectivity index (χ1n) is 7.87. The van der Waals surface area contributed by atoms with Gasteiger partial charge in [0, 0.05) is 13.1 Å². The van der Waals surface area contributed by atoms with Crippen LogP contribution in [-0.4, -0.2) is 35.1 Å². The van der Waals surface area contributed by atoms with Crippen LogP contribution in [0.5, 0.6) is 5.75 Å². The maximum atomic E-state index is 12.1. The minimum Gasteiger partial charge on any atom is -0.486 e. The molecule has 1 fully saturated rings. The zero-order valence-corrected chi connectivity index (χ0v) is 13.0. The van der Waals surface area contributed by atoms with Crippen molar-refractivity contribution in [3.63, 3.8) is 0 Å². The number of amides is 1. The van der Waals surface area contributed by atoms with Crippen molar-refractivity contribution in [3.05, 3.63) is 66.1 Å². The molecule has 2 heterocycles. The Morgan fingerprint density at radius 2 is 1.92 bits per heavy atom. The lowest BCUT2D eigenvalue weighted by Gasteiger charge is -2.35. The molecule has 24 heavy (non-hydrogen) atoms. The fraction of sp³-hybridized carbons (Fsp3) is 0.211. The van der Waals surface area contributed by atoms with E-state index in [2.05, 4.69) is 6.07 Å². The van der Waals surface area contributed by atoms with Gasteiger partial charge in [-0.05, 0) is 35.0 Å². The molecule has 1 aromatic heterocycles. The second-order valence-corrected chi connectivity index (χ2v) is 5.93. The molecule has 0 spiro atoms. The van der Waals surface area contributed by atoms with Gasteiger partial charge < -0.3 is 19.2 Å². The Kier molecular flexibility index (Phi) is 3.70. The van der Waals surface area contributed by atoms with E-state index in [1.807, 2.05) is 36.4 Å². The Bertz CT molecular complexity index is 880. The molecule has 0 saturated carbocycles. The van der Waals surface area contributed by atoms with Gasteiger partial charge in [-0.1, -0.05) is 30.3 Å². The minimum atomic E-state index is -0.417. The number of furan rings is 1. The third kappa shape index (κ3) is 2.86. The number of rotatable bonds is 4. The van der Waals surface area contributed by atoms with E-state index in [1.54, 1.807) is 17.0 Å². The number of fused-ring (bicyclic) bond motifs is 1. The summed E-state index contributed by atoms with van der Waals surface area (Å²) in [4.78, 5) is 13.6. The minimum absolute atomic E-state index is 0.197. The smallest absolute Gasteiger partial charge is 0.289 e. The Balaban J connectivity index is 1.41. The molecule has 122 valence electrons. The molecule has 0 bridgehead atoms. The monoisotopic (exact) mass is 323 g/mol. The summed E-state index contributed by atoms with van der Waals surface area (Å²) in [7, 11) is 0. The van der Waals surface area contributed by atoms with Crippen molar-refractivity contribution < 1.29 is 19.1 Å². The molecule has 0 atom stereocenters. The van der Waals surface area contributed by atoms with E-state index in [1.165, 1.54) is 0 Å². The maximum absolute atomic E-state index is 12.1. The molecule has 2 aromatic carbocycles. The van der Waals surface area contributed by atoms with Gasteiger partial charge in [0.2, 0.25) is 0 Å². The molecule has 1 aliphatic heterocycles. The van der Waals surface area contributed by atoms with E-state index in [0.29, 0.717) is 18.8 Å². The van der Waals surface area contributed by atoms with Gasteiger partial charge in [-0.15, -0.1) is 0 Å². The van der Waals surface area contributed by atoms with E-state index in [0.717, 1.165) is 16.5 Å². The van der Waals surface area contributed by atoms with Crippen LogP contribution in [0.1, 0.15) is 16.3 Å². The zero-order valence-electron chi connectivity index (χ0n) is 13.0. The van der Waals surface area contributed by atoms with Gasteiger partial charge >= 0.3 is 0 Å². The van der Waals surface area contributed by atoms with Crippen LogP contribution in [0.15, 0.2) is 59.0 Å². The summed E-state index contributed by atoms with van der Waals surface area (Å²) in [5.74, 6) is 1.42. The molecule has 0 unspecified atom stereocenters. The first-order chi connectivity index (χ1) is 11.7.